The number of nitrogens with zero attached hydrogens (tertiary/aromatic N) is 1. The number of hydrogen-bond donors (Lipinski definition) is 3. The number of carboxylic acid groups (broad SMARTS) is 1. The molecule has 1 heterocycles. The van der Waals surface area contributed by atoms with Crippen LogP contribution in [0.4, 0.5) is 5.82 Å². The molecule has 0 bridgehead atoms. The molecule has 2 rings (SSSR count). The quantitative estimate of drug-likeness (QED) is 0.784. The average molecular weight is 287 g/mol. The Hall–Kier alpha value is -1.14. The molecule has 1 saturated carbocycles. The van der Waals surface area contributed by atoms with Gasteiger partial charge in [0, 0.05) is 16.7 Å². The van der Waals surface area contributed by atoms with Crippen LogP contribution in [0.15, 0.2) is 16.7 Å². The fraction of sp³-hybridized carbons (Fsp3) is 0.400. The Balaban J connectivity index is 2.16. The van der Waals surface area contributed by atoms with Crippen LogP contribution < -0.4 is 5.32 Å². The van der Waals surface area contributed by atoms with Gasteiger partial charge in [0.25, 0.3) is 0 Å². The number of aliphatic hydroxyl groups is 1. The molecular weight excluding hydrogens is 276 g/mol. The molecule has 86 valence electrons. The van der Waals surface area contributed by atoms with Crippen LogP contribution in [0.3, 0.4) is 0 Å². The Bertz CT molecular complexity index is 419. The number of aromatic carboxylic acids is 1. The molecule has 1 aliphatic rings. The third kappa shape index (κ3) is 2.33. The summed E-state index contributed by atoms with van der Waals surface area (Å²) in [6, 6.07) is 1.62. The first-order chi connectivity index (χ1) is 7.56. The number of aliphatic hydroxyl groups excluding tert-OH is 1. The van der Waals surface area contributed by atoms with E-state index in [2.05, 4.69) is 26.2 Å². The van der Waals surface area contributed by atoms with E-state index in [1.807, 2.05) is 0 Å². The van der Waals surface area contributed by atoms with Gasteiger partial charge >= 0.3 is 5.97 Å². The molecule has 0 unspecified atom stereocenters. The third-order valence-corrected chi connectivity index (χ3v) is 2.97. The standard InChI is InChI=1S/C10H11BrN2O3/c11-5-1-8(10(15)16)9(12-4-5)13-6-2-7(14)3-6/h1,4,6-7,14H,2-3H2,(H,12,13)(H,15,16). The lowest BCUT2D eigenvalue weighted by Gasteiger charge is -2.32. The topological polar surface area (TPSA) is 82.5 Å². The molecule has 0 amide bonds. The lowest BCUT2D eigenvalue weighted by atomic mass is 9.89. The summed E-state index contributed by atoms with van der Waals surface area (Å²) in [5.41, 5.74) is 0.135. The van der Waals surface area contributed by atoms with E-state index in [-0.39, 0.29) is 17.7 Å². The zero-order valence-corrected chi connectivity index (χ0v) is 9.94. The van der Waals surface area contributed by atoms with Gasteiger partial charge in [-0.05, 0) is 34.8 Å². The van der Waals surface area contributed by atoms with Crippen molar-refractivity contribution in [2.45, 2.75) is 25.0 Å². The number of halogens is 1. The van der Waals surface area contributed by atoms with Crippen LogP contribution in [0.25, 0.3) is 0 Å². The van der Waals surface area contributed by atoms with Crippen molar-refractivity contribution >= 4 is 27.7 Å². The molecule has 0 aromatic carbocycles. The van der Waals surface area contributed by atoms with Gasteiger partial charge in [0.2, 0.25) is 0 Å². The number of aromatic nitrogens is 1. The molecule has 1 aromatic rings. The molecule has 1 aromatic heterocycles. The van der Waals surface area contributed by atoms with Crippen molar-refractivity contribution in [3.05, 3.63) is 22.3 Å². The summed E-state index contributed by atoms with van der Waals surface area (Å²) < 4.78 is 0.629. The lowest BCUT2D eigenvalue weighted by Crippen LogP contribution is -2.39. The van der Waals surface area contributed by atoms with Crippen LogP contribution >= 0.6 is 15.9 Å². The maximum absolute atomic E-state index is 11.0. The number of carboxylic acids is 1. The Morgan fingerprint density at radius 2 is 2.25 bits per heavy atom. The Labute approximate surface area is 101 Å². The second-order valence-corrected chi connectivity index (χ2v) is 4.74. The summed E-state index contributed by atoms with van der Waals surface area (Å²) in [5.74, 6) is -0.663. The Morgan fingerprint density at radius 3 is 2.81 bits per heavy atom. The van der Waals surface area contributed by atoms with E-state index in [9.17, 15) is 4.79 Å². The summed E-state index contributed by atoms with van der Waals surface area (Å²) in [6.07, 6.45) is 2.54. The summed E-state index contributed by atoms with van der Waals surface area (Å²) in [5, 5.41) is 21.1. The second kappa shape index (κ2) is 4.39. The minimum absolute atomic E-state index is 0.113. The number of pyridine rings is 1. The average Bonchev–Trinajstić information content (AvgIpc) is 2.17. The third-order valence-electron chi connectivity index (χ3n) is 2.54. The molecule has 0 radical (unpaired) electrons. The highest BCUT2D eigenvalue weighted by molar-refractivity contribution is 9.10. The zero-order valence-electron chi connectivity index (χ0n) is 8.35. The van der Waals surface area contributed by atoms with E-state index in [4.69, 9.17) is 10.2 Å². The van der Waals surface area contributed by atoms with E-state index >= 15 is 0 Å². The highest BCUT2D eigenvalue weighted by Gasteiger charge is 2.28. The molecule has 0 atom stereocenters. The van der Waals surface area contributed by atoms with Gasteiger partial charge in [0.1, 0.15) is 11.4 Å². The minimum atomic E-state index is -1.02. The maximum Gasteiger partial charge on any atom is 0.339 e. The largest absolute Gasteiger partial charge is 0.478 e. The van der Waals surface area contributed by atoms with Gasteiger partial charge < -0.3 is 15.5 Å². The minimum Gasteiger partial charge on any atom is -0.478 e. The lowest BCUT2D eigenvalue weighted by molar-refractivity contribution is 0.0697. The summed E-state index contributed by atoms with van der Waals surface area (Å²) in [4.78, 5) is 15.0. The van der Waals surface area contributed by atoms with Gasteiger partial charge in [0.15, 0.2) is 0 Å². The predicted octanol–water partition coefficient (Wildman–Crippen LogP) is 1.48. The maximum atomic E-state index is 11.0. The van der Waals surface area contributed by atoms with Gasteiger partial charge in [0.05, 0.1) is 6.10 Å². The molecular formula is C10H11BrN2O3. The van der Waals surface area contributed by atoms with Crippen molar-refractivity contribution in [2.24, 2.45) is 0 Å². The summed E-state index contributed by atoms with van der Waals surface area (Å²) >= 11 is 3.18. The molecule has 0 saturated heterocycles. The van der Waals surface area contributed by atoms with Gasteiger partial charge in [-0.25, -0.2) is 9.78 Å². The van der Waals surface area contributed by atoms with Gasteiger partial charge in [-0.1, -0.05) is 0 Å². The van der Waals surface area contributed by atoms with E-state index in [1.54, 1.807) is 6.20 Å². The molecule has 0 spiro atoms. The first kappa shape index (κ1) is 11.3. The van der Waals surface area contributed by atoms with Crippen molar-refractivity contribution in [1.29, 1.82) is 0 Å². The van der Waals surface area contributed by atoms with E-state index in [1.165, 1.54) is 6.07 Å². The number of hydrogen-bond acceptors (Lipinski definition) is 4. The molecule has 0 aliphatic heterocycles. The van der Waals surface area contributed by atoms with Gasteiger partial charge in [-0.15, -0.1) is 0 Å². The van der Waals surface area contributed by atoms with Crippen molar-refractivity contribution in [1.82, 2.24) is 4.98 Å². The molecule has 6 heteroatoms. The highest BCUT2D eigenvalue weighted by atomic mass is 79.9. The van der Waals surface area contributed by atoms with Crippen LogP contribution in [0.1, 0.15) is 23.2 Å². The van der Waals surface area contributed by atoms with Crippen LogP contribution in [-0.2, 0) is 0 Å². The van der Waals surface area contributed by atoms with Crippen molar-refractivity contribution in [3.8, 4) is 0 Å². The van der Waals surface area contributed by atoms with E-state index < -0.39 is 5.97 Å². The monoisotopic (exact) mass is 286 g/mol. The molecule has 5 nitrogen and oxygen atoms in total. The van der Waals surface area contributed by atoms with Crippen molar-refractivity contribution < 1.29 is 15.0 Å². The van der Waals surface area contributed by atoms with E-state index in [0.29, 0.717) is 23.1 Å². The molecule has 1 fully saturated rings. The van der Waals surface area contributed by atoms with Gasteiger partial charge in [-0.2, -0.15) is 0 Å². The molecule has 16 heavy (non-hydrogen) atoms. The van der Waals surface area contributed by atoms with E-state index in [0.717, 1.165) is 0 Å². The van der Waals surface area contributed by atoms with Crippen LogP contribution in [0.5, 0.6) is 0 Å². The first-order valence-corrected chi connectivity index (χ1v) is 5.69. The Kier molecular flexibility index (Phi) is 3.11. The SMILES string of the molecule is O=C(O)c1cc(Br)cnc1NC1CC(O)C1. The summed E-state index contributed by atoms with van der Waals surface area (Å²) in [7, 11) is 0. The normalized spacial score (nSPS) is 23.6. The second-order valence-electron chi connectivity index (χ2n) is 3.82. The molecule has 3 N–H and O–H groups in total. The molecule has 1 aliphatic carbocycles. The Morgan fingerprint density at radius 1 is 1.56 bits per heavy atom. The smallest absolute Gasteiger partial charge is 0.339 e. The fourth-order valence-corrected chi connectivity index (χ4v) is 1.95. The van der Waals surface area contributed by atoms with Crippen molar-refractivity contribution in [3.63, 3.8) is 0 Å². The fourth-order valence-electron chi connectivity index (χ4n) is 1.62. The number of rotatable bonds is 3. The van der Waals surface area contributed by atoms with Crippen LogP contribution in [0, 0.1) is 0 Å². The zero-order chi connectivity index (χ0) is 11.7. The summed E-state index contributed by atoms with van der Waals surface area (Å²) in [6.45, 7) is 0. The number of carbonyl (C=O) groups is 1. The predicted molar refractivity (Wildman–Crippen MR) is 61.5 cm³/mol. The first-order valence-electron chi connectivity index (χ1n) is 4.89. The van der Waals surface area contributed by atoms with Crippen LogP contribution in [-0.4, -0.2) is 33.3 Å². The van der Waals surface area contributed by atoms with Crippen molar-refractivity contribution in [2.75, 3.05) is 5.32 Å². The van der Waals surface area contributed by atoms with Crippen LogP contribution in [0.2, 0.25) is 0 Å². The number of nitrogens with one attached hydrogen (secondary N) is 1. The van der Waals surface area contributed by atoms with Gasteiger partial charge in [-0.3, -0.25) is 0 Å². The number of anilines is 1. The highest BCUT2D eigenvalue weighted by Crippen LogP contribution is 2.25.